The molecule has 1 aromatic carbocycles. The molecular weight excluding hydrogens is 350 g/mol. The first-order chi connectivity index (χ1) is 11.8. The van der Waals surface area contributed by atoms with E-state index in [0.717, 1.165) is 32.4 Å². The van der Waals surface area contributed by atoms with Crippen molar-refractivity contribution < 1.29 is 9.53 Å². The fourth-order valence-corrected chi connectivity index (χ4v) is 5.57. The van der Waals surface area contributed by atoms with E-state index >= 15 is 0 Å². The van der Waals surface area contributed by atoms with Gasteiger partial charge in [-0.3, -0.25) is 0 Å². The molecule has 5 heteroatoms. The molecule has 1 aliphatic rings. The van der Waals surface area contributed by atoms with Crippen molar-refractivity contribution in [2.24, 2.45) is 0 Å². The molecular formula is C20H31NO2S2. The van der Waals surface area contributed by atoms with Gasteiger partial charge in [-0.2, -0.15) is 0 Å². The first-order valence-electron chi connectivity index (χ1n) is 9.17. The molecule has 0 saturated carbocycles. The van der Waals surface area contributed by atoms with Gasteiger partial charge in [0.05, 0.1) is 0 Å². The molecule has 1 heterocycles. The third-order valence-corrected chi connectivity index (χ3v) is 7.69. The van der Waals surface area contributed by atoms with E-state index in [4.69, 9.17) is 4.74 Å². The van der Waals surface area contributed by atoms with Gasteiger partial charge in [0.1, 0.15) is 5.60 Å². The Morgan fingerprint density at radius 2 is 1.88 bits per heavy atom. The number of benzene rings is 1. The van der Waals surface area contributed by atoms with E-state index in [1.165, 1.54) is 12.0 Å². The number of piperidine rings is 1. The second kappa shape index (κ2) is 9.77. The maximum Gasteiger partial charge on any atom is 0.410 e. The standard InChI is InChI=1S/C20H31NO2S2/c1-16(10-11-17-8-6-5-7-9-17)24-25-18-12-14-21(15-13-18)19(22)23-20(2,3)4/h5-9,16,18H,10-15H2,1-4H3. The summed E-state index contributed by atoms with van der Waals surface area (Å²) in [6.07, 6.45) is 4.30. The Hall–Kier alpha value is -0.810. The lowest BCUT2D eigenvalue weighted by Crippen LogP contribution is -2.42. The van der Waals surface area contributed by atoms with Crippen LogP contribution in [-0.4, -0.2) is 40.2 Å². The quantitative estimate of drug-likeness (QED) is 0.583. The molecule has 1 fully saturated rings. The first kappa shape index (κ1) is 20.5. The number of ether oxygens (including phenoxy) is 1. The third kappa shape index (κ3) is 7.95. The Morgan fingerprint density at radius 1 is 1.24 bits per heavy atom. The summed E-state index contributed by atoms with van der Waals surface area (Å²) >= 11 is 0. The number of likely N-dealkylation sites (tertiary alicyclic amines) is 1. The van der Waals surface area contributed by atoms with E-state index in [-0.39, 0.29) is 6.09 Å². The van der Waals surface area contributed by atoms with Crippen molar-refractivity contribution in [3.05, 3.63) is 35.9 Å². The SMILES string of the molecule is CC(CCc1ccccc1)SSC1CCN(C(=O)OC(C)(C)C)CC1. The molecule has 1 atom stereocenters. The fraction of sp³-hybridized carbons (Fsp3) is 0.650. The minimum absolute atomic E-state index is 0.167. The van der Waals surface area contributed by atoms with Gasteiger partial charge in [0.25, 0.3) is 0 Å². The number of hydrogen-bond acceptors (Lipinski definition) is 4. The summed E-state index contributed by atoms with van der Waals surface area (Å²) in [6.45, 7) is 9.69. The Kier molecular flexibility index (Phi) is 8.01. The summed E-state index contributed by atoms with van der Waals surface area (Å²) < 4.78 is 5.46. The predicted molar refractivity (Wildman–Crippen MR) is 110 cm³/mol. The van der Waals surface area contributed by atoms with Gasteiger partial charge in [-0.1, -0.05) is 58.8 Å². The molecule has 0 radical (unpaired) electrons. The summed E-state index contributed by atoms with van der Waals surface area (Å²) in [5, 5.41) is 1.29. The van der Waals surface area contributed by atoms with Crippen LogP contribution in [0.2, 0.25) is 0 Å². The Morgan fingerprint density at radius 3 is 2.48 bits per heavy atom. The van der Waals surface area contributed by atoms with E-state index in [9.17, 15) is 4.79 Å². The van der Waals surface area contributed by atoms with Crippen LogP contribution in [0.3, 0.4) is 0 Å². The predicted octanol–water partition coefficient (Wildman–Crippen LogP) is 5.79. The van der Waals surface area contributed by atoms with Crippen LogP contribution in [0.1, 0.15) is 52.5 Å². The summed E-state index contributed by atoms with van der Waals surface area (Å²) in [4.78, 5) is 14.0. The van der Waals surface area contributed by atoms with E-state index in [1.54, 1.807) is 0 Å². The van der Waals surface area contributed by atoms with Gasteiger partial charge in [-0.05, 0) is 52.0 Å². The zero-order chi connectivity index (χ0) is 18.3. The zero-order valence-electron chi connectivity index (χ0n) is 15.9. The summed E-state index contributed by atoms with van der Waals surface area (Å²) in [5.41, 5.74) is 1.01. The minimum Gasteiger partial charge on any atom is -0.444 e. The van der Waals surface area contributed by atoms with E-state index in [2.05, 4.69) is 37.3 Å². The molecule has 0 N–H and O–H groups in total. The highest BCUT2D eigenvalue weighted by Crippen LogP contribution is 2.37. The number of rotatable bonds is 6. The summed E-state index contributed by atoms with van der Waals surface area (Å²) in [5.74, 6) is 0. The highest BCUT2D eigenvalue weighted by molar-refractivity contribution is 8.77. The molecule has 0 bridgehead atoms. The second-order valence-corrected chi connectivity index (χ2v) is 10.7. The van der Waals surface area contributed by atoms with E-state index in [0.29, 0.717) is 10.5 Å². The molecule has 3 nitrogen and oxygen atoms in total. The normalized spacial score (nSPS) is 17.4. The van der Waals surface area contributed by atoms with Crippen LogP contribution in [0.5, 0.6) is 0 Å². The van der Waals surface area contributed by atoms with Crippen molar-refractivity contribution in [3.63, 3.8) is 0 Å². The van der Waals surface area contributed by atoms with Crippen LogP contribution in [-0.2, 0) is 11.2 Å². The molecule has 0 aliphatic carbocycles. The Bertz CT molecular complexity index is 522. The summed E-state index contributed by atoms with van der Waals surface area (Å²) in [7, 11) is 4.01. The average Bonchev–Trinajstić information content (AvgIpc) is 2.58. The highest BCUT2D eigenvalue weighted by atomic mass is 33.1. The van der Waals surface area contributed by atoms with Crippen molar-refractivity contribution in [1.82, 2.24) is 4.90 Å². The molecule has 0 spiro atoms. The van der Waals surface area contributed by atoms with Crippen LogP contribution in [0.25, 0.3) is 0 Å². The topological polar surface area (TPSA) is 29.5 Å². The Balaban J connectivity index is 1.62. The number of carbonyl (C=O) groups is 1. The van der Waals surface area contributed by atoms with Crippen LogP contribution in [0.15, 0.2) is 30.3 Å². The van der Waals surface area contributed by atoms with Gasteiger partial charge in [-0.25, -0.2) is 4.79 Å². The zero-order valence-corrected chi connectivity index (χ0v) is 17.5. The van der Waals surface area contributed by atoms with Gasteiger partial charge in [0.2, 0.25) is 0 Å². The van der Waals surface area contributed by atoms with Crippen LogP contribution in [0.4, 0.5) is 4.79 Å². The number of carbonyl (C=O) groups excluding carboxylic acids is 1. The molecule has 25 heavy (non-hydrogen) atoms. The van der Waals surface area contributed by atoms with Crippen molar-refractivity contribution in [2.45, 2.75) is 69.5 Å². The van der Waals surface area contributed by atoms with Crippen LogP contribution < -0.4 is 0 Å². The van der Waals surface area contributed by atoms with Crippen LogP contribution >= 0.6 is 21.6 Å². The fourth-order valence-electron chi connectivity index (χ4n) is 2.70. The number of hydrogen-bond donors (Lipinski definition) is 0. The molecule has 140 valence electrons. The molecule has 1 aliphatic heterocycles. The van der Waals surface area contributed by atoms with Gasteiger partial charge < -0.3 is 9.64 Å². The van der Waals surface area contributed by atoms with Gasteiger partial charge in [0, 0.05) is 23.6 Å². The first-order valence-corrected chi connectivity index (χ1v) is 11.4. The maximum absolute atomic E-state index is 12.1. The lowest BCUT2D eigenvalue weighted by molar-refractivity contribution is 0.0219. The highest BCUT2D eigenvalue weighted by Gasteiger charge is 2.27. The third-order valence-electron chi connectivity index (χ3n) is 4.13. The molecule has 1 unspecified atom stereocenters. The van der Waals surface area contributed by atoms with Gasteiger partial charge >= 0.3 is 6.09 Å². The Labute approximate surface area is 160 Å². The minimum atomic E-state index is -0.410. The maximum atomic E-state index is 12.1. The van der Waals surface area contributed by atoms with Gasteiger partial charge in [-0.15, -0.1) is 0 Å². The lowest BCUT2D eigenvalue weighted by Gasteiger charge is -2.33. The molecule has 0 aromatic heterocycles. The lowest BCUT2D eigenvalue weighted by atomic mass is 10.1. The molecule has 2 rings (SSSR count). The van der Waals surface area contributed by atoms with Crippen molar-refractivity contribution in [1.29, 1.82) is 0 Å². The monoisotopic (exact) mass is 381 g/mol. The average molecular weight is 382 g/mol. The largest absolute Gasteiger partial charge is 0.444 e. The number of aryl methyl sites for hydroxylation is 1. The van der Waals surface area contributed by atoms with Crippen molar-refractivity contribution >= 4 is 27.7 Å². The molecule has 1 amide bonds. The van der Waals surface area contributed by atoms with E-state index < -0.39 is 5.60 Å². The molecule has 1 saturated heterocycles. The smallest absolute Gasteiger partial charge is 0.410 e. The van der Waals surface area contributed by atoms with Crippen molar-refractivity contribution in [3.8, 4) is 0 Å². The van der Waals surface area contributed by atoms with Crippen molar-refractivity contribution in [2.75, 3.05) is 13.1 Å². The number of nitrogens with zero attached hydrogens (tertiary/aromatic N) is 1. The van der Waals surface area contributed by atoms with E-state index in [1.807, 2.05) is 47.3 Å². The van der Waals surface area contributed by atoms with Crippen LogP contribution in [0, 0.1) is 0 Å². The van der Waals surface area contributed by atoms with Gasteiger partial charge in [0.15, 0.2) is 0 Å². The summed E-state index contributed by atoms with van der Waals surface area (Å²) in [6, 6.07) is 10.7. The molecule has 1 aromatic rings. The second-order valence-electron chi connectivity index (χ2n) is 7.69. The number of amides is 1.